The normalized spacial score (nSPS) is 26.6. The van der Waals surface area contributed by atoms with E-state index in [0.29, 0.717) is 6.54 Å². The fourth-order valence-corrected chi connectivity index (χ4v) is 1.71. The van der Waals surface area contributed by atoms with Crippen LogP contribution in [-0.4, -0.2) is 24.2 Å². The lowest BCUT2D eigenvalue weighted by molar-refractivity contribution is -0.128. The highest BCUT2D eigenvalue weighted by Gasteiger charge is 2.30. The number of rotatable bonds is 5. The molecule has 0 unspecified atom stereocenters. The fraction of sp³-hybridized carbons (Fsp3) is 0.900. The van der Waals surface area contributed by atoms with Crippen LogP contribution in [0.2, 0.25) is 0 Å². The summed E-state index contributed by atoms with van der Waals surface area (Å²) in [6.45, 7) is 3.11. The van der Waals surface area contributed by atoms with E-state index in [1.165, 1.54) is 0 Å². The maximum atomic E-state index is 11.4. The summed E-state index contributed by atoms with van der Waals surface area (Å²) in [5, 5.41) is 11.4. The highest BCUT2D eigenvalue weighted by atomic mass is 16.2. The largest absolute Gasteiger partial charge is 0.396 e. The van der Waals surface area contributed by atoms with Crippen molar-refractivity contribution in [1.29, 1.82) is 0 Å². The number of unbranched alkanes of at least 4 members (excludes halogenated alkanes) is 1. The molecule has 1 amide bonds. The van der Waals surface area contributed by atoms with E-state index in [2.05, 4.69) is 12.2 Å². The summed E-state index contributed by atoms with van der Waals surface area (Å²) in [6.07, 6.45) is 3.75. The summed E-state index contributed by atoms with van der Waals surface area (Å²) in [5.74, 6) is 1.20. The predicted molar refractivity (Wildman–Crippen MR) is 51.2 cm³/mol. The van der Waals surface area contributed by atoms with Crippen molar-refractivity contribution in [3.63, 3.8) is 0 Å². The molecule has 2 N–H and O–H groups in total. The van der Waals surface area contributed by atoms with Gasteiger partial charge in [-0.3, -0.25) is 4.79 Å². The minimum atomic E-state index is 0.205. The number of aliphatic hydroxyl groups excluding tert-OH is 1. The Kier molecular flexibility index (Phi) is 4.22. The molecule has 0 aliphatic heterocycles. The predicted octanol–water partition coefficient (Wildman–Crippen LogP) is 0.921. The maximum Gasteiger partial charge on any atom is 0.223 e. The molecule has 0 heterocycles. The van der Waals surface area contributed by atoms with Crippen LogP contribution in [0.25, 0.3) is 0 Å². The third-order valence-electron chi connectivity index (χ3n) is 2.63. The van der Waals surface area contributed by atoms with E-state index >= 15 is 0 Å². The van der Waals surface area contributed by atoms with Gasteiger partial charge in [0.15, 0.2) is 0 Å². The van der Waals surface area contributed by atoms with E-state index in [4.69, 9.17) is 5.11 Å². The number of hydrogen-bond acceptors (Lipinski definition) is 2. The third kappa shape index (κ3) is 3.35. The van der Waals surface area contributed by atoms with Gasteiger partial charge in [0.2, 0.25) is 5.91 Å². The molecular formula is C10H19NO2. The van der Waals surface area contributed by atoms with Crippen molar-refractivity contribution in [2.24, 2.45) is 11.8 Å². The molecular weight excluding hydrogens is 166 g/mol. The van der Waals surface area contributed by atoms with Crippen molar-refractivity contribution in [3.8, 4) is 0 Å². The zero-order chi connectivity index (χ0) is 9.68. The SMILES string of the molecule is CC1CC(C(=O)NCCCCO)C1. The van der Waals surface area contributed by atoms with E-state index in [-0.39, 0.29) is 18.4 Å². The van der Waals surface area contributed by atoms with Gasteiger partial charge in [-0.2, -0.15) is 0 Å². The fourth-order valence-electron chi connectivity index (χ4n) is 1.71. The maximum absolute atomic E-state index is 11.4. The molecule has 0 aromatic carbocycles. The van der Waals surface area contributed by atoms with Crippen LogP contribution in [0.5, 0.6) is 0 Å². The van der Waals surface area contributed by atoms with Crippen molar-refractivity contribution in [3.05, 3.63) is 0 Å². The van der Waals surface area contributed by atoms with Crippen LogP contribution in [0.1, 0.15) is 32.6 Å². The molecule has 1 rings (SSSR count). The van der Waals surface area contributed by atoms with Gasteiger partial charge in [-0.1, -0.05) is 6.92 Å². The number of carbonyl (C=O) groups is 1. The molecule has 1 aliphatic rings. The molecule has 0 atom stereocenters. The monoisotopic (exact) mass is 185 g/mol. The highest BCUT2D eigenvalue weighted by molar-refractivity contribution is 5.79. The van der Waals surface area contributed by atoms with Gasteiger partial charge in [-0.05, 0) is 31.6 Å². The van der Waals surface area contributed by atoms with Crippen molar-refractivity contribution in [2.75, 3.05) is 13.2 Å². The Morgan fingerprint density at radius 3 is 2.69 bits per heavy atom. The summed E-state index contributed by atoms with van der Waals surface area (Å²) in [6, 6.07) is 0. The van der Waals surface area contributed by atoms with Gasteiger partial charge < -0.3 is 10.4 Å². The molecule has 3 heteroatoms. The van der Waals surface area contributed by atoms with E-state index < -0.39 is 0 Å². The van der Waals surface area contributed by atoms with Crippen LogP contribution in [0.4, 0.5) is 0 Å². The molecule has 1 aliphatic carbocycles. The third-order valence-corrected chi connectivity index (χ3v) is 2.63. The Morgan fingerprint density at radius 2 is 2.15 bits per heavy atom. The number of amides is 1. The van der Waals surface area contributed by atoms with E-state index in [0.717, 1.165) is 31.6 Å². The zero-order valence-corrected chi connectivity index (χ0v) is 8.25. The second-order valence-electron chi connectivity index (χ2n) is 4.00. The summed E-state index contributed by atoms with van der Waals surface area (Å²) >= 11 is 0. The van der Waals surface area contributed by atoms with Crippen LogP contribution in [-0.2, 0) is 4.79 Å². The van der Waals surface area contributed by atoms with E-state index in [1.807, 2.05) is 0 Å². The van der Waals surface area contributed by atoms with Crippen LogP contribution in [0.15, 0.2) is 0 Å². The standard InChI is InChI=1S/C10H19NO2/c1-8-6-9(7-8)10(13)11-4-2-3-5-12/h8-9,12H,2-7H2,1H3,(H,11,13). The highest BCUT2D eigenvalue weighted by Crippen LogP contribution is 2.32. The average Bonchev–Trinajstić information content (AvgIpc) is 2.07. The Hall–Kier alpha value is -0.570. The minimum absolute atomic E-state index is 0.205. The Labute approximate surface area is 79.5 Å². The second kappa shape index (κ2) is 5.22. The first-order chi connectivity index (χ1) is 6.24. The van der Waals surface area contributed by atoms with E-state index in [9.17, 15) is 4.79 Å². The number of carbonyl (C=O) groups excluding carboxylic acids is 1. The zero-order valence-electron chi connectivity index (χ0n) is 8.25. The molecule has 3 nitrogen and oxygen atoms in total. The summed E-state index contributed by atoms with van der Waals surface area (Å²) in [7, 11) is 0. The Balaban J connectivity index is 1.99. The van der Waals surface area contributed by atoms with Gasteiger partial charge in [-0.15, -0.1) is 0 Å². The minimum Gasteiger partial charge on any atom is -0.396 e. The van der Waals surface area contributed by atoms with Crippen molar-refractivity contribution in [1.82, 2.24) is 5.32 Å². The van der Waals surface area contributed by atoms with Gasteiger partial charge in [0.25, 0.3) is 0 Å². The number of aliphatic hydroxyl groups is 1. The van der Waals surface area contributed by atoms with Crippen LogP contribution >= 0.6 is 0 Å². The van der Waals surface area contributed by atoms with Gasteiger partial charge in [0.05, 0.1) is 0 Å². The summed E-state index contributed by atoms with van der Waals surface area (Å²) < 4.78 is 0. The van der Waals surface area contributed by atoms with Gasteiger partial charge in [0, 0.05) is 19.1 Å². The van der Waals surface area contributed by atoms with Crippen molar-refractivity contribution >= 4 is 5.91 Å². The van der Waals surface area contributed by atoms with Crippen LogP contribution in [0.3, 0.4) is 0 Å². The lowest BCUT2D eigenvalue weighted by Crippen LogP contribution is -2.38. The molecule has 1 fully saturated rings. The number of hydrogen-bond donors (Lipinski definition) is 2. The van der Waals surface area contributed by atoms with Gasteiger partial charge in [0.1, 0.15) is 0 Å². The van der Waals surface area contributed by atoms with Crippen molar-refractivity contribution < 1.29 is 9.90 Å². The lowest BCUT2D eigenvalue weighted by Gasteiger charge is -2.31. The van der Waals surface area contributed by atoms with Crippen molar-refractivity contribution in [2.45, 2.75) is 32.6 Å². The second-order valence-corrected chi connectivity index (χ2v) is 4.00. The molecule has 0 aromatic rings. The first kappa shape index (κ1) is 10.5. The first-order valence-corrected chi connectivity index (χ1v) is 5.12. The summed E-state index contributed by atoms with van der Waals surface area (Å²) in [5.41, 5.74) is 0. The number of nitrogens with one attached hydrogen (secondary N) is 1. The molecule has 1 saturated carbocycles. The Bertz CT molecular complexity index is 164. The molecule has 0 saturated heterocycles. The lowest BCUT2D eigenvalue weighted by atomic mass is 9.76. The molecule has 13 heavy (non-hydrogen) atoms. The summed E-state index contributed by atoms with van der Waals surface area (Å²) in [4.78, 5) is 11.4. The average molecular weight is 185 g/mol. The smallest absolute Gasteiger partial charge is 0.223 e. The molecule has 0 radical (unpaired) electrons. The van der Waals surface area contributed by atoms with Gasteiger partial charge >= 0.3 is 0 Å². The Morgan fingerprint density at radius 1 is 1.46 bits per heavy atom. The van der Waals surface area contributed by atoms with Gasteiger partial charge in [-0.25, -0.2) is 0 Å². The first-order valence-electron chi connectivity index (χ1n) is 5.12. The molecule has 0 spiro atoms. The van der Waals surface area contributed by atoms with Crippen LogP contribution < -0.4 is 5.32 Å². The van der Waals surface area contributed by atoms with E-state index in [1.54, 1.807) is 0 Å². The topological polar surface area (TPSA) is 49.3 Å². The van der Waals surface area contributed by atoms with Crippen LogP contribution in [0, 0.1) is 11.8 Å². The molecule has 0 bridgehead atoms. The quantitative estimate of drug-likeness (QED) is 0.626. The molecule has 76 valence electrons. The molecule has 0 aromatic heterocycles.